The summed E-state index contributed by atoms with van der Waals surface area (Å²) in [5, 5.41) is 3.86. The molecule has 1 atom stereocenters. The van der Waals surface area contributed by atoms with Crippen molar-refractivity contribution in [3.05, 3.63) is 131 Å². The standard InChI is InChI=1S/C36H34N4O9/c1-36(2,3)49-33(44)28-19-12-20-38(35(46)48-23-25-15-8-5-9-16-25)40(28)32(43)29(21-37-34(45)47-22-24-13-6-4-7-14-24)39-30(41)26-17-10-11-18-27(26)31(39)42/h4-20,29H,21-23H2,1-3H3,(H,37,45). The molecular formula is C36H34N4O9. The van der Waals surface area contributed by atoms with E-state index in [9.17, 15) is 28.8 Å². The maximum absolute atomic E-state index is 14.6. The Kier molecular flexibility index (Phi) is 10.2. The van der Waals surface area contributed by atoms with Crippen molar-refractivity contribution in [1.82, 2.24) is 20.2 Å². The van der Waals surface area contributed by atoms with Crippen molar-refractivity contribution in [2.24, 2.45) is 0 Å². The quantitative estimate of drug-likeness (QED) is 0.194. The van der Waals surface area contributed by atoms with Gasteiger partial charge in [0.25, 0.3) is 17.7 Å². The Bertz CT molecular complexity index is 1780. The highest BCUT2D eigenvalue weighted by Crippen LogP contribution is 2.28. The number of ether oxygens (including phenoxy) is 3. The number of carbonyl (C=O) groups is 6. The van der Waals surface area contributed by atoms with Crippen LogP contribution in [0.4, 0.5) is 9.59 Å². The fourth-order valence-corrected chi connectivity index (χ4v) is 4.98. The first kappa shape index (κ1) is 34.1. The molecule has 3 aromatic rings. The third kappa shape index (κ3) is 8.01. The molecule has 5 rings (SSSR count). The van der Waals surface area contributed by atoms with E-state index in [4.69, 9.17) is 14.2 Å². The van der Waals surface area contributed by atoms with E-state index in [1.807, 2.05) is 0 Å². The summed E-state index contributed by atoms with van der Waals surface area (Å²) >= 11 is 0. The van der Waals surface area contributed by atoms with E-state index in [0.717, 1.165) is 5.01 Å². The zero-order valence-corrected chi connectivity index (χ0v) is 27.0. The molecule has 252 valence electrons. The molecule has 0 bridgehead atoms. The molecule has 0 fully saturated rings. The fraction of sp³-hybridized carbons (Fsp3) is 0.222. The van der Waals surface area contributed by atoms with Crippen molar-refractivity contribution in [3.8, 4) is 0 Å². The summed E-state index contributed by atoms with van der Waals surface area (Å²) in [6.07, 6.45) is 1.76. The van der Waals surface area contributed by atoms with E-state index in [2.05, 4.69) is 5.32 Å². The van der Waals surface area contributed by atoms with Gasteiger partial charge in [-0.1, -0.05) is 72.8 Å². The van der Waals surface area contributed by atoms with Crippen LogP contribution >= 0.6 is 0 Å². The van der Waals surface area contributed by atoms with Crippen molar-refractivity contribution < 1.29 is 43.0 Å². The second-order valence-corrected chi connectivity index (χ2v) is 11.9. The third-order valence-electron chi connectivity index (χ3n) is 7.21. The monoisotopic (exact) mass is 666 g/mol. The third-order valence-corrected chi connectivity index (χ3v) is 7.21. The normalized spacial score (nSPS) is 14.5. The Balaban J connectivity index is 1.47. The van der Waals surface area contributed by atoms with Crippen LogP contribution in [-0.4, -0.2) is 69.0 Å². The van der Waals surface area contributed by atoms with Crippen molar-refractivity contribution in [3.63, 3.8) is 0 Å². The number of alkyl carbamates (subject to hydrolysis) is 1. The lowest BCUT2D eigenvalue weighted by atomic mass is 10.1. The van der Waals surface area contributed by atoms with E-state index in [1.165, 1.54) is 30.5 Å². The number of hydrogen-bond acceptors (Lipinski definition) is 9. The molecule has 0 spiro atoms. The molecule has 0 radical (unpaired) electrons. The van der Waals surface area contributed by atoms with Crippen molar-refractivity contribution >= 4 is 35.9 Å². The van der Waals surface area contributed by atoms with Crippen LogP contribution in [0.1, 0.15) is 52.6 Å². The Labute approximate surface area is 282 Å². The van der Waals surface area contributed by atoms with E-state index in [-0.39, 0.29) is 24.3 Å². The molecule has 13 nitrogen and oxygen atoms in total. The van der Waals surface area contributed by atoms with Crippen LogP contribution in [0.15, 0.2) is 109 Å². The van der Waals surface area contributed by atoms with Gasteiger partial charge in [-0.15, -0.1) is 0 Å². The molecule has 0 saturated carbocycles. The van der Waals surface area contributed by atoms with Gasteiger partial charge in [0.05, 0.1) is 17.7 Å². The Hall–Kier alpha value is -6.24. The van der Waals surface area contributed by atoms with Gasteiger partial charge in [-0.25, -0.2) is 19.4 Å². The topological polar surface area (TPSA) is 152 Å². The number of imide groups is 1. The van der Waals surface area contributed by atoms with E-state index < -0.39 is 59.8 Å². The predicted octanol–water partition coefficient (Wildman–Crippen LogP) is 4.71. The number of esters is 1. The summed E-state index contributed by atoms with van der Waals surface area (Å²) in [5.41, 5.74) is 0.0167. The molecule has 3 aromatic carbocycles. The average Bonchev–Trinajstić information content (AvgIpc) is 3.35. The second kappa shape index (κ2) is 14.7. The first-order chi connectivity index (χ1) is 23.4. The molecule has 1 N–H and O–H groups in total. The summed E-state index contributed by atoms with van der Waals surface area (Å²) in [6.45, 7) is 3.96. The SMILES string of the molecule is CC(C)(C)OC(=O)C1=CC=CN(C(=O)OCc2ccccc2)N1C(=O)C(CNC(=O)OCc1ccccc1)N1C(=O)c2ccccc2C1=O. The van der Waals surface area contributed by atoms with Gasteiger partial charge < -0.3 is 19.5 Å². The molecule has 0 saturated heterocycles. The van der Waals surface area contributed by atoms with Crippen molar-refractivity contribution in [1.29, 1.82) is 0 Å². The summed E-state index contributed by atoms with van der Waals surface area (Å²) in [5.74, 6) is -3.71. The van der Waals surface area contributed by atoms with Gasteiger partial charge >= 0.3 is 18.2 Å². The van der Waals surface area contributed by atoms with Crippen LogP contribution in [0.3, 0.4) is 0 Å². The summed E-state index contributed by atoms with van der Waals surface area (Å²) in [4.78, 5) is 82.4. The number of fused-ring (bicyclic) bond motifs is 1. The van der Waals surface area contributed by atoms with E-state index in [0.29, 0.717) is 21.0 Å². The van der Waals surface area contributed by atoms with E-state index in [1.54, 1.807) is 93.6 Å². The molecule has 13 heteroatoms. The zero-order chi connectivity index (χ0) is 35.1. The molecule has 2 heterocycles. The van der Waals surface area contributed by atoms with Crippen molar-refractivity contribution in [2.75, 3.05) is 6.54 Å². The molecule has 49 heavy (non-hydrogen) atoms. The highest BCUT2D eigenvalue weighted by Gasteiger charge is 2.47. The fourth-order valence-electron chi connectivity index (χ4n) is 4.98. The maximum atomic E-state index is 14.6. The maximum Gasteiger partial charge on any atom is 0.433 e. The lowest BCUT2D eigenvalue weighted by Gasteiger charge is -2.38. The van der Waals surface area contributed by atoms with Crippen LogP contribution < -0.4 is 5.32 Å². The largest absolute Gasteiger partial charge is 0.455 e. The highest BCUT2D eigenvalue weighted by molar-refractivity contribution is 6.23. The first-order valence-electron chi connectivity index (χ1n) is 15.3. The van der Waals surface area contributed by atoms with E-state index >= 15 is 0 Å². The summed E-state index contributed by atoms with van der Waals surface area (Å²) < 4.78 is 16.3. The van der Waals surface area contributed by atoms with Crippen LogP contribution in [0.5, 0.6) is 0 Å². The number of benzene rings is 3. The number of hydrogen-bond donors (Lipinski definition) is 1. The molecule has 0 aliphatic carbocycles. The molecule has 0 aromatic heterocycles. The number of amides is 5. The predicted molar refractivity (Wildman–Crippen MR) is 174 cm³/mol. The summed E-state index contributed by atoms with van der Waals surface area (Å²) in [6, 6.07) is 21.8. The Morgan fingerprint density at radius 2 is 1.29 bits per heavy atom. The molecule has 2 aliphatic rings. The number of nitrogens with zero attached hydrogens (tertiary/aromatic N) is 3. The number of hydrazine groups is 1. The van der Waals surface area contributed by atoms with Crippen LogP contribution in [0.25, 0.3) is 0 Å². The van der Waals surface area contributed by atoms with Gasteiger partial charge in [0.2, 0.25) is 0 Å². The van der Waals surface area contributed by atoms with Gasteiger partial charge in [-0.3, -0.25) is 19.3 Å². The van der Waals surface area contributed by atoms with Gasteiger partial charge in [-0.05, 0) is 56.2 Å². The lowest BCUT2D eigenvalue weighted by Crippen LogP contribution is -2.60. The molecule has 5 amide bonds. The molecular weight excluding hydrogens is 632 g/mol. The minimum absolute atomic E-state index is 0.0394. The molecule has 1 unspecified atom stereocenters. The van der Waals surface area contributed by atoms with Crippen LogP contribution in [-0.2, 0) is 37.0 Å². The average molecular weight is 667 g/mol. The zero-order valence-electron chi connectivity index (χ0n) is 27.0. The Morgan fingerprint density at radius 1 is 0.755 bits per heavy atom. The van der Waals surface area contributed by atoms with Gasteiger partial charge in [0, 0.05) is 6.20 Å². The number of rotatable bonds is 9. The first-order valence-corrected chi connectivity index (χ1v) is 15.3. The van der Waals surface area contributed by atoms with Crippen LogP contribution in [0, 0.1) is 0 Å². The molecule has 2 aliphatic heterocycles. The van der Waals surface area contributed by atoms with Gasteiger partial charge in [-0.2, -0.15) is 5.01 Å². The highest BCUT2D eigenvalue weighted by atomic mass is 16.6. The summed E-state index contributed by atoms with van der Waals surface area (Å²) in [7, 11) is 0. The van der Waals surface area contributed by atoms with Crippen molar-refractivity contribution in [2.45, 2.75) is 45.6 Å². The second-order valence-electron chi connectivity index (χ2n) is 11.9. The minimum atomic E-state index is -1.77. The lowest BCUT2D eigenvalue weighted by molar-refractivity contribution is -0.159. The van der Waals surface area contributed by atoms with Crippen LogP contribution in [0.2, 0.25) is 0 Å². The smallest absolute Gasteiger partial charge is 0.433 e. The van der Waals surface area contributed by atoms with Gasteiger partial charge in [0.15, 0.2) is 5.70 Å². The number of nitrogens with one attached hydrogen (secondary N) is 1. The number of carbonyl (C=O) groups excluding carboxylic acids is 6. The number of allylic oxidation sites excluding steroid dienone is 2. The minimum Gasteiger partial charge on any atom is -0.455 e. The van der Waals surface area contributed by atoms with Gasteiger partial charge in [0.1, 0.15) is 24.9 Å². The Morgan fingerprint density at radius 3 is 1.84 bits per heavy atom.